The van der Waals surface area contributed by atoms with Crippen LogP contribution in [0.15, 0.2) is 24.3 Å². The van der Waals surface area contributed by atoms with E-state index in [9.17, 15) is 9.59 Å². The summed E-state index contributed by atoms with van der Waals surface area (Å²) >= 11 is 6.00. The second-order valence-electron chi connectivity index (χ2n) is 4.27. The lowest BCUT2D eigenvalue weighted by Gasteiger charge is -2.15. The van der Waals surface area contributed by atoms with E-state index in [1.807, 2.05) is 18.2 Å². The Balaban J connectivity index is 2.60. The topological polar surface area (TPSA) is 66.4 Å². The highest BCUT2D eigenvalue weighted by molar-refractivity contribution is 6.31. The van der Waals surface area contributed by atoms with Crippen molar-refractivity contribution in [2.75, 3.05) is 0 Å². The van der Waals surface area contributed by atoms with E-state index in [4.69, 9.17) is 16.7 Å². The summed E-state index contributed by atoms with van der Waals surface area (Å²) in [7, 11) is 0. The quantitative estimate of drug-likeness (QED) is 0.860. The number of carbonyl (C=O) groups is 2. The number of rotatable bonds is 5. The Kier molecular flexibility index (Phi) is 5.16. The van der Waals surface area contributed by atoms with Crippen LogP contribution in [0.4, 0.5) is 0 Å². The van der Waals surface area contributed by atoms with Gasteiger partial charge in [-0.1, -0.05) is 36.7 Å². The zero-order valence-corrected chi connectivity index (χ0v) is 11.1. The fourth-order valence-electron chi connectivity index (χ4n) is 1.50. The molecule has 1 aromatic carbocycles. The van der Waals surface area contributed by atoms with Crippen molar-refractivity contribution >= 4 is 23.5 Å². The Hall–Kier alpha value is -1.55. The van der Waals surface area contributed by atoms with Gasteiger partial charge < -0.3 is 10.4 Å². The van der Waals surface area contributed by atoms with Crippen molar-refractivity contribution in [1.82, 2.24) is 5.32 Å². The number of hydrogen-bond acceptors (Lipinski definition) is 2. The van der Waals surface area contributed by atoms with Crippen LogP contribution in [0.3, 0.4) is 0 Å². The van der Waals surface area contributed by atoms with Gasteiger partial charge in [0.25, 0.3) is 0 Å². The molecule has 0 bridgehead atoms. The Labute approximate surface area is 111 Å². The average molecular weight is 270 g/mol. The highest BCUT2D eigenvalue weighted by atomic mass is 35.5. The molecule has 4 nitrogen and oxygen atoms in total. The number of carbonyl (C=O) groups excluding carboxylic acids is 1. The molecule has 0 saturated heterocycles. The van der Waals surface area contributed by atoms with Crippen LogP contribution in [0, 0.1) is 5.92 Å². The smallest absolute Gasteiger partial charge is 0.325 e. The van der Waals surface area contributed by atoms with E-state index in [1.165, 1.54) is 6.92 Å². The maximum absolute atomic E-state index is 11.8. The number of carboxylic acids is 1. The molecule has 0 radical (unpaired) electrons. The van der Waals surface area contributed by atoms with Gasteiger partial charge in [-0.25, -0.2) is 0 Å². The van der Waals surface area contributed by atoms with Gasteiger partial charge in [0.15, 0.2) is 0 Å². The fraction of sp³-hybridized carbons (Fsp3) is 0.385. The van der Waals surface area contributed by atoms with E-state index < -0.39 is 12.0 Å². The fourth-order valence-corrected chi connectivity index (χ4v) is 1.72. The third kappa shape index (κ3) is 4.04. The first kappa shape index (κ1) is 14.5. The van der Waals surface area contributed by atoms with E-state index in [1.54, 1.807) is 13.0 Å². The maximum atomic E-state index is 11.8. The summed E-state index contributed by atoms with van der Waals surface area (Å²) < 4.78 is 0. The molecule has 18 heavy (non-hydrogen) atoms. The Morgan fingerprint density at radius 1 is 1.33 bits per heavy atom. The van der Waals surface area contributed by atoms with E-state index in [2.05, 4.69) is 5.32 Å². The summed E-state index contributed by atoms with van der Waals surface area (Å²) in [5.41, 5.74) is 0.879. The second kappa shape index (κ2) is 6.40. The van der Waals surface area contributed by atoms with Gasteiger partial charge in [-0.2, -0.15) is 0 Å². The van der Waals surface area contributed by atoms with Gasteiger partial charge in [0, 0.05) is 10.9 Å². The van der Waals surface area contributed by atoms with Gasteiger partial charge in [-0.3, -0.25) is 9.59 Å². The predicted molar refractivity (Wildman–Crippen MR) is 69.6 cm³/mol. The largest absolute Gasteiger partial charge is 0.480 e. The molecule has 1 amide bonds. The second-order valence-corrected chi connectivity index (χ2v) is 4.67. The lowest BCUT2D eigenvalue weighted by Crippen LogP contribution is -2.41. The molecule has 0 aromatic heterocycles. The monoisotopic (exact) mass is 269 g/mol. The first-order valence-corrected chi connectivity index (χ1v) is 6.06. The summed E-state index contributed by atoms with van der Waals surface area (Å²) in [6.45, 7) is 3.18. The highest BCUT2D eigenvalue weighted by Crippen LogP contribution is 2.18. The first-order chi connectivity index (χ1) is 8.41. The van der Waals surface area contributed by atoms with E-state index in [-0.39, 0.29) is 11.8 Å². The Bertz CT molecular complexity index is 448. The molecular formula is C13H16ClNO3. The molecule has 98 valence electrons. The minimum absolute atomic E-state index is 0.287. The van der Waals surface area contributed by atoms with Crippen molar-refractivity contribution in [3.8, 4) is 0 Å². The van der Waals surface area contributed by atoms with Crippen molar-refractivity contribution in [3.63, 3.8) is 0 Å². The van der Waals surface area contributed by atoms with Crippen molar-refractivity contribution in [1.29, 1.82) is 0 Å². The Morgan fingerprint density at radius 3 is 2.50 bits per heavy atom. The minimum Gasteiger partial charge on any atom is -0.480 e. The van der Waals surface area contributed by atoms with Crippen LogP contribution < -0.4 is 5.32 Å². The number of nitrogens with one attached hydrogen (secondary N) is 1. The molecule has 1 rings (SSSR count). The normalized spacial score (nSPS) is 13.7. The van der Waals surface area contributed by atoms with Crippen LogP contribution in [0.2, 0.25) is 5.02 Å². The van der Waals surface area contributed by atoms with Gasteiger partial charge in [0.1, 0.15) is 6.04 Å². The van der Waals surface area contributed by atoms with Crippen LogP contribution in [-0.4, -0.2) is 23.0 Å². The van der Waals surface area contributed by atoms with E-state index in [0.717, 1.165) is 5.56 Å². The summed E-state index contributed by atoms with van der Waals surface area (Å²) in [4.78, 5) is 22.4. The lowest BCUT2D eigenvalue weighted by molar-refractivity contribution is -0.141. The predicted octanol–water partition coefficient (Wildman–Crippen LogP) is 2.11. The number of amides is 1. The standard InChI is InChI=1S/C13H16ClNO3/c1-8(12(16)15-9(2)13(17)18)7-10-5-3-4-6-11(10)14/h3-6,8-9H,7H2,1-2H3,(H,15,16)(H,17,18)/t8?,9-/m0/s1. The van der Waals surface area contributed by atoms with Crippen LogP contribution in [0.1, 0.15) is 19.4 Å². The molecule has 0 aliphatic carbocycles. The molecule has 0 spiro atoms. The highest BCUT2D eigenvalue weighted by Gasteiger charge is 2.19. The van der Waals surface area contributed by atoms with Gasteiger partial charge in [-0.15, -0.1) is 0 Å². The van der Waals surface area contributed by atoms with Crippen LogP contribution in [-0.2, 0) is 16.0 Å². The van der Waals surface area contributed by atoms with Crippen molar-refractivity contribution < 1.29 is 14.7 Å². The van der Waals surface area contributed by atoms with E-state index in [0.29, 0.717) is 11.4 Å². The molecule has 2 N–H and O–H groups in total. The molecule has 1 unspecified atom stereocenters. The summed E-state index contributed by atoms with van der Waals surface area (Å²) in [5, 5.41) is 11.8. The van der Waals surface area contributed by atoms with Crippen LogP contribution >= 0.6 is 11.6 Å². The van der Waals surface area contributed by atoms with Gasteiger partial charge in [0.2, 0.25) is 5.91 Å². The average Bonchev–Trinajstić information content (AvgIpc) is 2.31. The number of carboxylic acid groups (broad SMARTS) is 1. The molecule has 0 aliphatic rings. The summed E-state index contributed by atoms with van der Waals surface area (Å²) in [6.07, 6.45) is 0.484. The molecule has 1 aromatic rings. The molecule has 0 aliphatic heterocycles. The zero-order valence-electron chi connectivity index (χ0n) is 10.3. The number of hydrogen-bond donors (Lipinski definition) is 2. The van der Waals surface area contributed by atoms with Gasteiger partial charge in [-0.05, 0) is 25.0 Å². The lowest BCUT2D eigenvalue weighted by atomic mass is 10.00. The minimum atomic E-state index is -1.05. The number of halogens is 1. The van der Waals surface area contributed by atoms with Gasteiger partial charge in [0.05, 0.1) is 0 Å². The van der Waals surface area contributed by atoms with Crippen molar-refractivity contribution in [2.45, 2.75) is 26.3 Å². The SMILES string of the molecule is CC(Cc1ccccc1Cl)C(=O)N[C@@H](C)C(=O)O. The third-order valence-corrected chi connectivity index (χ3v) is 3.03. The van der Waals surface area contributed by atoms with Crippen LogP contribution in [0.5, 0.6) is 0 Å². The number of aliphatic carboxylic acids is 1. The molecular weight excluding hydrogens is 254 g/mol. The molecule has 0 saturated carbocycles. The first-order valence-electron chi connectivity index (χ1n) is 5.68. The maximum Gasteiger partial charge on any atom is 0.325 e. The number of benzene rings is 1. The van der Waals surface area contributed by atoms with Crippen molar-refractivity contribution in [2.24, 2.45) is 5.92 Å². The van der Waals surface area contributed by atoms with Gasteiger partial charge >= 0.3 is 5.97 Å². The molecule has 5 heteroatoms. The third-order valence-electron chi connectivity index (χ3n) is 2.66. The van der Waals surface area contributed by atoms with E-state index >= 15 is 0 Å². The molecule has 0 heterocycles. The zero-order chi connectivity index (χ0) is 13.7. The summed E-state index contributed by atoms with van der Waals surface area (Å²) in [6, 6.07) is 6.41. The Morgan fingerprint density at radius 2 is 1.94 bits per heavy atom. The molecule has 0 fully saturated rings. The molecule has 2 atom stereocenters. The summed E-state index contributed by atoms with van der Waals surface area (Å²) in [5.74, 6) is -1.66. The van der Waals surface area contributed by atoms with Crippen LogP contribution in [0.25, 0.3) is 0 Å². The van der Waals surface area contributed by atoms with Crippen molar-refractivity contribution in [3.05, 3.63) is 34.9 Å².